The molecule has 0 radical (unpaired) electrons. The van der Waals surface area contributed by atoms with Crippen LogP contribution in [-0.4, -0.2) is 36.6 Å². The second kappa shape index (κ2) is 10.9. The van der Waals surface area contributed by atoms with Gasteiger partial charge in [0.15, 0.2) is 5.82 Å². The van der Waals surface area contributed by atoms with Crippen molar-refractivity contribution in [1.82, 2.24) is 29.9 Å². The highest BCUT2D eigenvalue weighted by Gasteiger charge is 2.39. The van der Waals surface area contributed by atoms with Crippen LogP contribution in [0.15, 0.2) is 57.7 Å². The van der Waals surface area contributed by atoms with Gasteiger partial charge in [-0.25, -0.2) is 9.48 Å². The number of amides is 1. The molecule has 2 heterocycles. The third-order valence-electron chi connectivity index (χ3n) is 5.96. The normalized spacial score (nSPS) is 13.7. The van der Waals surface area contributed by atoms with E-state index in [1.807, 2.05) is 0 Å². The van der Waals surface area contributed by atoms with Gasteiger partial charge < -0.3 is 15.5 Å². The van der Waals surface area contributed by atoms with Gasteiger partial charge in [-0.05, 0) is 48.9 Å². The molecule has 41 heavy (non-hydrogen) atoms. The molecule has 0 saturated heterocycles. The van der Waals surface area contributed by atoms with Crippen molar-refractivity contribution in [3.05, 3.63) is 81.1 Å². The minimum absolute atomic E-state index is 0.116. The number of nitrogens with one attached hydrogen (secondary N) is 1. The van der Waals surface area contributed by atoms with E-state index >= 15 is 0 Å². The topological polar surface area (TPSA) is 134 Å². The molecule has 2 aromatic heterocycles. The summed E-state index contributed by atoms with van der Waals surface area (Å²) in [5, 5.41) is 14.0. The van der Waals surface area contributed by atoms with Gasteiger partial charge in [0.25, 0.3) is 0 Å². The molecule has 0 spiro atoms. The quantitative estimate of drug-likeness (QED) is 0.286. The third-order valence-corrected chi connectivity index (χ3v) is 6.21. The molecule has 218 valence electrons. The summed E-state index contributed by atoms with van der Waals surface area (Å²) in [6, 6.07) is 9.28. The van der Waals surface area contributed by atoms with E-state index in [9.17, 15) is 35.9 Å². The largest absolute Gasteiger partial charge is 0.416 e. The molecule has 0 unspecified atom stereocenters. The van der Waals surface area contributed by atoms with Crippen molar-refractivity contribution in [2.24, 2.45) is 0 Å². The summed E-state index contributed by atoms with van der Waals surface area (Å²) in [7, 11) is 0. The maximum absolute atomic E-state index is 13.4. The van der Waals surface area contributed by atoms with E-state index in [4.69, 9.17) is 21.8 Å². The molecule has 0 fully saturated rings. The van der Waals surface area contributed by atoms with Crippen LogP contribution in [0.1, 0.15) is 30.4 Å². The average molecular weight is 604 g/mol. The van der Waals surface area contributed by atoms with Gasteiger partial charge in [-0.1, -0.05) is 28.8 Å². The number of nitrogens with zero attached hydrogens (tertiary/aromatic N) is 5. The number of aromatic nitrogens is 5. The molecule has 10 nitrogen and oxygen atoms in total. The van der Waals surface area contributed by atoms with E-state index in [2.05, 4.69) is 20.6 Å². The van der Waals surface area contributed by atoms with E-state index in [0.717, 1.165) is 22.8 Å². The first-order valence-corrected chi connectivity index (χ1v) is 12.0. The molecule has 4 aromatic rings. The average Bonchev–Trinajstić information content (AvgIpc) is 3.46. The second-order valence-electron chi connectivity index (χ2n) is 8.98. The Labute approximate surface area is 231 Å². The second-order valence-corrected chi connectivity index (χ2v) is 9.42. The Morgan fingerprint density at radius 1 is 1.05 bits per heavy atom. The Kier molecular flexibility index (Phi) is 7.89. The number of anilines is 1. The Morgan fingerprint density at radius 3 is 2.29 bits per heavy atom. The highest BCUT2D eigenvalue weighted by molar-refractivity contribution is 6.30. The zero-order valence-corrected chi connectivity index (χ0v) is 21.7. The van der Waals surface area contributed by atoms with E-state index in [1.165, 1.54) is 37.3 Å². The molecule has 2 aromatic carbocycles. The zero-order chi connectivity index (χ0) is 30.2. The van der Waals surface area contributed by atoms with Crippen LogP contribution in [0, 0.1) is 0 Å². The Bertz CT molecular complexity index is 1610. The molecule has 0 bridgehead atoms. The van der Waals surface area contributed by atoms with Gasteiger partial charge in [0.2, 0.25) is 11.8 Å². The number of hydrogen-bond donors (Lipinski definition) is 2. The van der Waals surface area contributed by atoms with E-state index in [1.54, 1.807) is 0 Å². The predicted octanol–water partition coefficient (Wildman–Crippen LogP) is 4.38. The summed E-state index contributed by atoms with van der Waals surface area (Å²) >= 11 is 5.88. The van der Waals surface area contributed by atoms with Crippen molar-refractivity contribution in [2.45, 2.75) is 44.3 Å². The van der Waals surface area contributed by atoms with Gasteiger partial charge in [0.05, 0.1) is 12.0 Å². The van der Waals surface area contributed by atoms with Gasteiger partial charge >= 0.3 is 24.1 Å². The van der Waals surface area contributed by atoms with Crippen LogP contribution in [0.25, 0.3) is 11.4 Å². The minimum Gasteiger partial charge on any atom is -0.405 e. The monoisotopic (exact) mass is 603 g/mol. The highest BCUT2D eigenvalue weighted by atomic mass is 35.5. The van der Waals surface area contributed by atoms with E-state index < -0.39 is 60.6 Å². The van der Waals surface area contributed by atoms with Crippen LogP contribution >= 0.6 is 11.6 Å². The number of rotatable bonds is 8. The van der Waals surface area contributed by atoms with Crippen LogP contribution in [0.4, 0.5) is 32.4 Å². The van der Waals surface area contributed by atoms with Gasteiger partial charge in [-0.3, -0.25) is 9.36 Å². The lowest BCUT2D eigenvalue weighted by Gasteiger charge is -2.28. The van der Waals surface area contributed by atoms with Crippen LogP contribution in [0.3, 0.4) is 0 Å². The van der Waals surface area contributed by atoms with Crippen molar-refractivity contribution < 1.29 is 35.6 Å². The number of hydrogen-bond acceptors (Lipinski definition) is 7. The SMILES string of the molecule is C[C@@](NC(=O)Cn1nc(-c2ccc(Cl)cc2)n(CCC(F)(F)F)c1=O)(c1cccc(C(F)(F)F)c1)c1nnc(N)o1. The molecule has 17 heteroatoms. The summed E-state index contributed by atoms with van der Waals surface area (Å²) in [4.78, 5) is 26.2. The van der Waals surface area contributed by atoms with E-state index in [-0.39, 0.29) is 22.8 Å². The molecule has 1 atom stereocenters. The maximum atomic E-state index is 13.4. The Hall–Kier alpha value is -4.34. The molecular formula is C24H20ClF6N7O3. The molecule has 0 aliphatic carbocycles. The first-order valence-electron chi connectivity index (χ1n) is 11.7. The number of nitrogens with two attached hydrogens (primary N) is 1. The lowest BCUT2D eigenvalue weighted by Crippen LogP contribution is -2.47. The van der Waals surface area contributed by atoms with Crippen LogP contribution < -0.4 is 16.7 Å². The van der Waals surface area contributed by atoms with Gasteiger partial charge in [-0.15, -0.1) is 10.2 Å². The maximum Gasteiger partial charge on any atom is 0.416 e. The number of carbonyl (C=O) groups is 1. The molecular weight excluding hydrogens is 584 g/mol. The number of nitrogen functional groups attached to an aromatic ring is 1. The van der Waals surface area contributed by atoms with Crippen LogP contribution in [0.5, 0.6) is 0 Å². The van der Waals surface area contributed by atoms with Crippen molar-refractivity contribution in [3.63, 3.8) is 0 Å². The van der Waals surface area contributed by atoms with E-state index in [0.29, 0.717) is 9.70 Å². The van der Waals surface area contributed by atoms with Gasteiger partial charge in [-0.2, -0.15) is 26.3 Å². The van der Waals surface area contributed by atoms with Crippen molar-refractivity contribution >= 4 is 23.5 Å². The van der Waals surface area contributed by atoms with Crippen molar-refractivity contribution in [3.8, 4) is 11.4 Å². The minimum atomic E-state index is -4.72. The highest BCUT2D eigenvalue weighted by Crippen LogP contribution is 2.35. The standard InChI is InChI=1S/C24H20ClF6N7O3/c1-22(19-34-35-20(32)41-19,14-3-2-4-15(11-14)24(29,30)31)33-17(39)12-38-21(40)37(10-9-23(26,27)28)18(36-38)13-5-7-16(25)8-6-13/h2-8,11H,9-10,12H2,1H3,(H2,32,35)(H,33,39)/t22-/m1/s1. The summed E-state index contributed by atoms with van der Waals surface area (Å²) in [6.07, 6.45) is -10.7. The lowest BCUT2D eigenvalue weighted by molar-refractivity contribution is -0.138. The fraction of sp³-hybridized carbons (Fsp3) is 0.292. The smallest absolute Gasteiger partial charge is 0.405 e. The molecule has 0 saturated carbocycles. The molecule has 0 aliphatic rings. The summed E-state index contributed by atoms with van der Waals surface area (Å²) in [5.41, 5.74) is 1.69. The zero-order valence-electron chi connectivity index (χ0n) is 20.9. The fourth-order valence-electron chi connectivity index (χ4n) is 3.94. The molecule has 0 aliphatic heterocycles. The van der Waals surface area contributed by atoms with Gasteiger partial charge in [0.1, 0.15) is 12.1 Å². The summed E-state index contributed by atoms with van der Waals surface area (Å²) in [6.45, 7) is -0.334. The van der Waals surface area contributed by atoms with Crippen LogP contribution in [-0.2, 0) is 29.6 Å². The first kappa shape index (κ1) is 29.6. The van der Waals surface area contributed by atoms with Crippen LogP contribution in [0.2, 0.25) is 5.02 Å². The number of alkyl halides is 6. The third kappa shape index (κ3) is 6.70. The fourth-order valence-corrected chi connectivity index (χ4v) is 4.07. The van der Waals surface area contributed by atoms with Crippen molar-refractivity contribution in [1.29, 1.82) is 0 Å². The van der Waals surface area contributed by atoms with Crippen molar-refractivity contribution in [2.75, 3.05) is 5.73 Å². The number of carbonyl (C=O) groups excluding carboxylic acids is 1. The molecule has 4 rings (SSSR count). The van der Waals surface area contributed by atoms with Gasteiger partial charge in [0, 0.05) is 17.1 Å². The molecule has 1 amide bonds. The summed E-state index contributed by atoms with van der Waals surface area (Å²) < 4.78 is 85.7. The number of halogens is 7. The summed E-state index contributed by atoms with van der Waals surface area (Å²) in [5.74, 6) is -1.49. The predicted molar refractivity (Wildman–Crippen MR) is 132 cm³/mol. The Balaban J connectivity index is 1.70. The Morgan fingerprint density at radius 2 is 1.71 bits per heavy atom. The number of benzene rings is 2. The molecule has 3 N–H and O–H groups in total. The lowest BCUT2D eigenvalue weighted by atomic mass is 9.90. The first-order chi connectivity index (χ1) is 19.1.